The number of likely N-dealkylation sites (tertiary alicyclic amines) is 1. The Balaban J connectivity index is 1.41. The lowest BCUT2D eigenvalue weighted by molar-refractivity contribution is 0.115. The molecule has 2 aliphatic carbocycles. The lowest BCUT2D eigenvalue weighted by Crippen LogP contribution is -2.53. The second kappa shape index (κ2) is 10.4. The minimum Gasteiger partial charge on any atom is -0.379 e. The minimum atomic E-state index is 0.529. The van der Waals surface area contributed by atoms with Crippen LogP contribution in [0.4, 0.5) is 0 Å². The van der Waals surface area contributed by atoms with E-state index in [1.54, 1.807) is 0 Å². The molecule has 0 aromatic rings. The second-order valence-corrected chi connectivity index (χ2v) is 8.05. The predicted octanol–water partition coefficient (Wildman–Crippen LogP) is 2.77. The van der Waals surface area contributed by atoms with Crippen LogP contribution < -0.4 is 10.6 Å². The summed E-state index contributed by atoms with van der Waals surface area (Å²) in [4.78, 5) is 7.45. The van der Waals surface area contributed by atoms with Crippen LogP contribution in [0.2, 0.25) is 0 Å². The normalized spacial score (nSPS) is 26.6. The van der Waals surface area contributed by atoms with E-state index >= 15 is 0 Å². The van der Waals surface area contributed by atoms with Crippen molar-refractivity contribution < 1.29 is 4.74 Å². The molecule has 0 radical (unpaired) electrons. The van der Waals surface area contributed by atoms with E-state index in [-0.39, 0.29) is 0 Å². The van der Waals surface area contributed by atoms with Crippen LogP contribution in [0.25, 0.3) is 0 Å². The van der Waals surface area contributed by atoms with Gasteiger partial charge in [-0.1, -0.05) is 19.3 Å². The highest BCUT2D eigenvalue weighted by Crippen LogP contribution is 2.28. The Hall–Kier alpha value is -0.810. The summed E-state index contributed by atoms with van der Waals surface area (Å²) in [5, 5.41) is 7.08. The van der Waals surface area contributed by atoms with Gasteiger partial charge in [0.15, 0.2) is 5.96 Å². The van der Waals surface area contributed by atoms with Crippen LogP contribution in [0.3, 0.4) is 0 Å². The van der Waals surface area contributed by atoms with Crippen LogP contribution in [0.15, 0.2) is 4.99 Å². The summed E-state index contributed by atoms with van der Waals surface area (Å²) < 4.78 is 5.70. The van der Waals surface area contributed by atoms with Gasteiger partial charge in [0.25, 0.3) is 0 Å². The molecule has 0 spiro atoms. The first kappa shape index (κ1) is 19.0. The van der Waals surface area contributed by atoms with Crippen LogP contribution in [-0.4, -0.2) is 62.3 Å². The third-order valence-electron chi connectivity index (χ3n) is 5.78. The fraction of sp³-hybridized carbons (Fsp3) is 0.950. The van der Waals surface area contributed by atoms with Crippen molar-refractivity contribution in [2.75, 3.05) is 39.4 Å². The van der Waals surface area contributed by atoms with Gasteiger partial charge in [-0.2, -0.15) is 0 Å². The van der Waals surface area contributed by atoms with Crippen LogP contribution in [-0.2, 0) is 4.74 Å². The van der Waals surface area contributed by atoms with Gasteiger partial charge in [0, 0.05) is 31.8 Å². The summed E-state index contributed by atoms with van der Waals surface area (Å²) in [5.74, 6) is 1.80. The van der Waals surface area contributed by atoms with Crippen molar-refractivity contribution >= 4 is 5.96 Å². The van der Waals surface area contributed by atoms with Crippen LogP contribution in [0, 0.1) is 5.92 Å². The zero-order valence-electron chi connectivity index (χ0n) is 16.1. The van der Waals surface area contributed by atoms with E-state index in [9.17, 15) is 0 Å². The van der Waals surface area contributed by atoms with Crippen LogP contribution in [0.5, 0.6) is 0 Å². The number of hydrogen-bond donors (Lipinski definition) is 2. The minimum absolute atomic E-state index is 0.529. The van der Waals surface area contributed by atoms with Crippen molar-refractivity contribution in [2.24, 2.45) is 10.9 Å². The van der Waals surface area contributed by atoms with Crippen molar-refractivity contribution in [3.63, 3.8) is 0 Å². The summed E-state index contributed by atoms with van der Waals surface area (Å²) >= 11 is 0. The van der Waals surface area contributed by atoms with Crippen molar-refractivity contribution in [2.45, 2.75) is 76.8 Å². The Bertz CT molecular complexity index is 405. The number of aliphatic imine (C=N–C) groups is 1. The van der Waals surface area contributed by atoms with Crippen LogP contribution >= 0.6 is 0 Å². The van der Waals surface area contributed by atoms with E-state index < -0.39 is 0 Å². The van der Waals surface area contributed by atoms with Crippen molar-refractivity contribution in [3.8, 4) is 0 Å². The van der Waals surface area contributed by atoms with E-state index in [1.807, 2.05) is 0 Å². The molecular weight excluding hydrogens is 312 g/mol. The molecule has 1 heterocycles. The first-order valence-corrected chi connectivity index (χ1v) is 10.7. The molecule has 0 bridgehead atoms. The Labute approximate surface area is 154 Å². The molecule has 1 aliphatic heterocycles. The number of hydrogen-bond acceptors (Lipinski definition) is 3. The first-order chi connectivity index (χ1) is 12.3. The standard InChI is InChI=1S/C20H38N4O/c1-2-21-20(22-12-14-25-16-17-10-11-17)23-18-7-6-13-24(15-18)19-8-4-3-5-9-19/h17-19H,2-16H2,1H3,(H2,21,22,23). The maximum absolute atomic E-state index is 5.70. The molecule has 25 heavy (non-hydrogen) atoms. The number of guanidine groups is 1. The Kier molecular flexibility index (Phi) is 7.86. The van der Waals surface area contributed by atoms with Gasteiger partial charge in [-0.05, 0) is 57.9 Å². The molecule has 3 rings (SSSR count). The van der Waals surface area contributed by atoms with Crippen molar-refractivity contribution in [3.05, 3.63) is 0 Å². The number of ether oxygens (including phenoxy) is 1. The fourth-order valence-electron chi connectivity index (χ4n) is 4.17. The van der Waals surface area contributed by atoms with E-state index in [4.69, 9.17) is 9.73 Å². The summed E-state index contributed by atoms with van der Waals surface area (Å²) in [5.41, 5.74) is 0. The summed E-state index contributed by atoms with van der Waals surface area (Å²) in [6, 6.07) is 1.36. The molecule has 5 nitrogen and oxygen atoms in total. The maximum atomic E-state index is 5.70. The van der Waals surface area contributed by atoms with E-state index in [1.165, 1.54) is 70.9 Å². The van der Waals surface area contributed by atoms with E-state index in [0.29, 0.717) is 6.04 Å². The number of nitrogens with one attached hydrogen (secondary N) is 2. The van der Waals surface area contributed by atoms with Crippen LogP contribution in [0.1, 0.15) is 64.7 Å². The summed E-state index contributed by atoms with van der Waals surface area (Å²) in [6.07, 6.45) is 12.3. The first-order valence-electron chi connectivity index (χ1n) is 10.7. The molecule has 144 valence electrons. The fourth-order valence-corrected chi connectivity index (χ4v) is 4.17. The number of nitrogens with zero attached hydrogens (tertiary/aromatic N) is 2. The third-order valence-corrected chi connectivity index (χ3v) is 5.78. The lowest BCUT2D eigenvalue weighted by Gasteiger charge is -2.40. The second-order valence-electron chi connectivity index (χ2n) is 8.05. The Morgan fingerprint density at radius 2 is 1.92 bits per heavy atom. The number of rotatable bonds is 8. The molecule has 2 saturated carbocycles. The summed E-state index contributed by atoms with van der Waals surface area (Å²) in [6.45, 7) is 7.92. The van der Waals surface area contributed by atoms with Gasteiger partial charge in [-0.25, -0.2) is 0 Å². The van der Waals surface area contributed by atoms with Gasteiger partial charge in [0.2, 0.25) is 0 Å². The molecule has 0 amide bonds. The molecule has 0 aromatic carbocycles. The van der Waals surface area contributed by atoms with Gasteiger partial charge in [-0.3, -0.25) is 9.89 Å². The smallest absolute Gasteiger partial charge is 0.191 e. The molecule has 0 aromatic heterocycles. The highest BCUT2D eigenvalue weighted by Gasteiger charge is 2.27. The molecule has 2 N–H and O–H groups in total. The predicted molar refractivity (Wildman–Crippen MR) is 104 cm³/mol. The van der Waals surface area contributed by atoms with Gasteiger partial charge in [0.1, 0.15) is 0 Å². The van der Waals surface area contributed by atoms with Gasteiger partial charge in [0.05, 0.1) is 13.2 Å². The Morgan fingerprint density at radius 3 is 2.68 bits per heavy atom. The molecule has 1 unspecified atom stereocenters. The van der Waals surface area contributed by atoms with Crippen molar-refractivity contribution in [1.82, 2.24) is 15.5 Å². The molecule has 5 heteroatoms. The van der Waals surface area contributed by atoms with E-state index in [2.05, 4.69) is 22.5 Å². The monoisotopic (exact) mass is 350 g/mol. The highest BCUT2D eigenvalue weighted by molar-refractivity contribution is 5.80. The highest BCUT2D eigenvalue weighted by atomic mass is 16.5. The third kappa shape index (κ3) is 6.78. The van der Waals surface area contributed by atoms with Crippen molar-refractivity contribution in [1.29, 1.82) is 0 Å². The molecular formula is C20H38N4O. The zero-order valence-corrected chi connectivity index (χ0v) is 16.1. The van der Waals surface area contributed by atoms with Gasteiger partial charge >= 0.3 is 0 Å². The largest absolute Gasteiger partial charge is 0.379 e. The topological polar surface area (TPSA) is 48.9 Å². The average Bonchev–Trinajstić information content (AvgIpc) is 3.47. The maximum Gasteiger partial charge on any atom is 0.191 e. The zero-order chi connectivity index (χ0) is 17.3. The summed E-state index contributed by atoms with van der Waals surface area (Å²) in [7, 11) is 0. The Morgan fingerprint density at radius 1 is 1.08 bits per heavy atom. The van der Waals surface area contributed by atoms with Gasteiger partial charge < -0.3 is 15.4 Å². The molecule has 3 fully saturated rings. The average molecular weight is 351 g/mol. The quantitative estimate of drug-likeness (QED) is 0.401. The number of piperidine rings is 1. The molecule has 1 atom stereocenters. The SMILES string of the molecule is CCNC(=NCCOCC1CC1)NC1CCCN(C2CCCCC2)C1. The van der Waals surface area contributed by atoms with Gasteiger partial charge in [-0.15, -0.1) is 0 Å². The van der Waals surface area contributed by atoms with E-state index in [0.717, 1.165) is 44.2 Å². The molecule has 1 saturated heterocycles. The lowest BCUT2D eigenvalue weighted by atomic mass is 9.92. The molecule has 3 aliphatic rings.